The Balaban J connectivity index is 1.37. The molecule has 2 N–H and O–H groups in total. The fourth-order valence-corrected chi connectivity index (χ4v) is 9.82. The number of fused-ring (bicyclic) bond motifs is 4. The molecule has 8 rings (SSSR count). The SMILES string of the molecule is COc1cc([C@H]2C3=CC[C@@H]4C(=O)N(c5cccc(C(=O)O)c5)C(=O)[C@@H]4[C@@H]3C[C@H]3C(=O)C(c4ccccc4)=CC(=O)[C@@]23c2ccccc2)cc(I)c1O. The van der Waals surface area contributed by atoms with Crippen LogP contribution in [0.1, 0.15) is 45.8 Å². The Labute approximate surface area is 312 Å². The summed E-state index contributed by atoms with van der Waals surface area (Å²) in [6, 6.07) is 27.6. The summed E-state index contributed by atoms with van der Waals surface area (Å²) in [5.74, 6) is -6.35. The van der Waals surface area contributed by atoms with E-state index in [4.69, 9.17) is 4.74 Å². The number of phenolic OH excluding ortho intramolecular Hbond substituents is 1. The number of hydrogen-bond acceptors (Lipinski definition) is 7. The topological polar surface area (TPSA) is 138 Å². The summed E-state index contributed by atoms with van der Waals surface area (Å²) in [6.45, 7) is 0. The summed E-state index contributed by atoms with van der Waals surface area (Å²) >= 11 is 2.02. The van der Waals surface area contributed by atoms with Crippen LogP contribution in [-0.4, -0.2) is 46.7 Å². The minimum atomic E-state index is -1.43. The van der Waals surface area contributed by atoms with Gasteiger partial charge in [-0.3, -0.25) is 24.1 Å². The predicted octanol–water partition coefficient (Wildman–Crippen LogP) is 6.73. The molecular weight excluding hydrogens is 773 g/mol. The second-order valence-corrected chi connectivity index (χ2v) is 14.9. The molecule has 9 nitrogen and oxygen atoms in total. The zero-order valence-corrected chi connectivity index (χ0v) is 30.0. The van der Waals surface area contributed by atoms with Crippen molar-refractivity contribution in [2.45, 2.75) is 24.2 Å². The van der Waals surface area contributed by atoms with E-state index in [1.165, 1.54) is 31.4 Å². The van der Waals surface area contributed by atoms with Gasteiger partial charge < -0.3 is 14.9 Å². The Kier molecular flexibility index (Phi) is 8.24. The number of phenols is 1. The Bertz CT molecular complexity index is 2260. The van der Waals surface area contributed by atoms with Gasteiger partial charge in [-0.1, -0.05) is 78.4 Å². The molecule has 1 saturated heterocycles. The van der Waals surface area contributed by atoms with E-state index >= 15 is 9.59 Å². The largest absolute Gasteiger partial charge is 0.504 e. The highest BCUT2D eigenvalue weighted by Gasteiger charge is 2.66. The number of aromatic hydroxyl groups is 1. The molecule has 3 aliphatic carbocycles. The molecule has 2 amide bonds. The number of Topliss-reactive ketones (excluding diaryl/α,β-unsaturated/α-hetero) is 1. The normalized spacial score (nSPS) is 26.6. The third-order valence-electron chi connectivity index (χ3n) is 11.3. The standard InChI is InChI=1S/C42H32INO8/c1-52-33-19-24(18-32(43)38(33)47)36-27-15-16-28-35(40(49)44(39(28)48)26-14-8-11-23(17-26)41(50)51)30(27)20-31-37(46)29(22-9-4-2-5-10-22)21-34(45)42(31,36)25-12-6-3-7-13-25/h2-15,17-19,21,28,30-31,35-36,47H,16,20H2,1H3,(H,50,51)/t28-,30+,31-,35-,36-,42-/m0/s1. The number of ketones is 2. The third kappa shape index (κ3) is 4.91. The minimum absolute atomic E-state index is 0.0559. The number of carboxylic acid groups (broad SMARTS) is 1. The number of aromatic carboxylic acids is 1. The molecule has 0 radical (unpaired) electrons. The van der Waals surface area contributed by atoms with Crippen LogP contribution in [0.4, 0.5) is 5.69 Å². The number of allylic oxidation sites excluding steroid dienone is 4. The van der Waals surface area contributed by atoms with Crippen LogP contribution in [0, 0.1) is 27.2 Å². The molecular formula is C42H32INO8. The van der Waals surface area contributed by atoms with Crippen LogP contribution in [0.3, 0.4) is 0 Å². The first-order valence-electron chi connectivity index (χ1n) is 17.0. The highest BCUT2D eigenvalue weighted by molar-refractivity contribution is 14.1. The first kappa shape index (κ1) is 33.8. The van der Waals surface area contributed by atoms with Crippen molar-refractivity contribution in [3.63, 3.8) is 0 Å². The van der Waals surface area contributed by atoms with Gasteiger partial charge in [0.1, 0.15) is 0 Å². The van der Waals surface area contributed by atoms with Crippen LogP contribution in [0.25, 0.3) is 5.57 Å². The number of amides is 2. The number of rotatable bonds is 6. The van der Waals surface area contributed by atoms with Gasteiger partial charge in [0, 0.05) is 17.4 Å². The van der Waals surface area contributed by atoms with Crippen LogP contribution in [-0.2, 0) is 24.6 Å². The van der Waals surface area contributed by atoms with Crippen LogP contribution in [0.15, 0.2) is 115 Å². The zero-order chi connectivity index (χ0) is 36.5. The summed E-state index contributed by atoms with van der Waals surface area (Å²) in [5, 5.41) is 20.5. The first-order chi connectivity index (χ1) is 25.1. The molecule has 1 heterocycles. The van der Waals surface area contributed by atoms with E-state index in [1.54, 1.807) is 30.3 Å². The van der Waals surface area contributed by atoms with Gasteiger partial charge in [-0.15, -0.1) is 0 Å². The van der Waals surface area contributed by atoms with Crippen molar-refractivity contribution in [3.8, 4) is 11.5 Å². The summed E-state index contributed by atoms with van der Waals surface area (Å²) in [7, 11) is 1.44. The summed E-state index contributed by atoms with van der Waals surface area (Å²) in [6.07, 6.45) is 3.76. The molecule has 0 bridgehead atoms. The zero-order valence-electron chi connectivity index (χ0n) is 27.9. The Morgan fingerprint density at radius 1 is 0.885 bits per heavy atom. The number of ether oxygens (including phenoxy) is 1. The predicted molar refractivity (Wildman–Crippen MR) is 200 cm³/mol. The Morgan fingerprint density at radius 2 is 1.60 bits per heavy atom. The molecule has 6 atom stereocenters. The maximum Gasteiger partial charge on any atom is 0.335 e. The molecule has 4 aromatic rings. The van der Waals surface area contributed by atoms with E-state index in [1.807, 2.05) is 77.2 Å². The minimum Gasteiger partial charge on any atom is -0.504 e. The van der Waals surface area contributed by atoms with Gasteiger partial charge in [0.15, 0.2) is 23.1 Å². The molecule has 0 aromatic heterocycles. The summed E-state index contributed by atoms with van der Waals surface area (Å²) in [5.41, 5.74) is 1.63. The molecule has 2 fully saturated rings. The maximum absolute atomic E-state index is 15.2. The van der Waals surface area contributed by atoms with E-state index in [2.05, 4.69) is 0 Å². The van der Waals surface area contributed by atoms with Gasteiger partial charge in [-0.05, 0) is 94.4 Å². The van der Waals surface area contributed by atoms with Gasteiger partial charge in [-0.2, -0.15) is 0 Å². The van der Waals surface area contributed by atoms with E-state index in [0.717, 1.165) is 10.5 Å². The van der Waals surface area contributed by atoms with Crippen molar-refractivity contribution in [2.75, 3.05) is 12.0 Å². The van der Waals surface area contributed by atoms with Gasteiger partial charge in [-0.25, -0.2) is 4.79 Å². The monoisotopic (exact) mass is 805 g/mol. The molecule has 0 spiro atoms. The van der Waals surface area contributed by atoms with Crippen molar-refractivity contribution in [1.82, 2.24) is 0 Å². The van der Waals surface area contributed by atoms with Crippen molar-refractivity contribution in [2.24, 2.45) is 23.7 Å². The molecule has 4 aromatic carbocycles. The number of hydrogen-bond donors (Lipinski definition) is 2. The lowest BCUT2D eigenvalue weighted by atomic mass is 9.44. The molecule has 260 valence electrons. The van der Waals surface area contributed by atoms with Gasteiger partial charge in [0.05, 0.1) is 39.2 Å². The van der Waals surface area contributed by atoms with E-state index in [0.29, 0.717) is 25.8 Å². The highest BCUT2D eigenvalue weighted by atomic mass is 127. The Hall–Kier alpha value is -5.36. The molecule has 10 heteroatoms. The van der Waals surface area contributed by atoms with Gasteiger partial charge in [0.25, 0.3) is 0 Å². The van der Waals surface area contributed by atoms with Crippen molar-refractivity contribution in [3.05, 3.63) is 141 Å². The lowest BCUT2D eigenvalue weighted by Gasteiger charge is -2.55. The van der Waals surface area contributed by atoms with Crippen LogP contribution >= 0.6 is 22.6 Å². The average Bonchev–Trinajstić information content (AvgIpc) is 3.42. The number of methoxy groups -OCH3 is 1. The van der Waals surface area contributed by atoms with Crippen LogP contribution in [0.2, 0.25) is 0 Å². The smallest absolute Gasteiger partial charge is 0.335 e. The van der Waals surface area contributed by atoms with E-state index < -0.39 is 52.8 Å². The average molecular weight is 806 g/mol. The lowest BCUT2D eigenvalue weighted by molar-refractivity contribution is -0.135. The van der Waals surface area contributed by atoms with Crippen molar-refractivity contribution in [1.29, 1.82) is 0 Å². The van der Waals surface area contributed by atoms with Crippen LogP contribution < -0.4 is 9.64 Å². The second-order valence-electron chi connectivity index (χ2n) is 13.7. The number of anilines is 1. The number of imide groups is 1. The lowest BCUT2D eigenvalue weighted by Crippen LogP contribution is -2.58. The summed E-state index contributed by atoms with van der Waals surface area (Å²) < 4.78 is 6.08. The maximum atomic E-state index is 15.2. The molecule has 1 aliphatic heterocycles. The fourth-order valence-electron chi connectivity index (χ4n) is 9.20. The first-order valence-corrected chi connectivity index (χ1v) is 18.0. The number of carbonyl (C=O) groups excluding carboxylic acids is 4. The van der Waals surface area contributed by atoms with E-state index in [9.17, 15) is 24.6 Å². The number of nitrogens with zero attached hydrogens (tertiary/aromatic N) is 1. The third-order valence-corrected chi connectivity index (χ3v) is 12.2. The highest BCUT2D eigenvalue weighted by Crippen LogP contribution is 2.64. The van der Waals surface area contributed by atoms with Gasteiger partial charge in [0.2, 0.25) is 11.8 Å². The quantitative estimate of drug-likeness (QED) is 0.124. The van der Waals surface area contributed by atoms with E-state index in [-0.39, 0.29) is 47.2 Å². The number of carbonyl (C=O) groups is 5. The molecule has 0 unspecified atom stereocenters. The van der Waals surface area contributed by atoms with Crippen molar-refractivity contribution >= 4 is 63.2 Å². The Morgan fingerprint density at radius 3 is 2.29 bits per heavy atom. The number of halogens is 1. The summed E-state index contributed by atoms with van der Waals surface area (Å²) in [4.78, 5) is 71.9. The number of benzene rings is 4. The molecule has 1 saturated carbocycles. The fraction of sp³-hybridized carbons (Fsp3) is 0.214. The molecule has 52 heavy (non-hydrogen) atoms. The van der Waals surface area contributed by atoms with Gasteiger partial charge >= 0.3 is 5.97 Å². The van der Waals surface area contributed by atoms with Crippen molar-refractivity contribution < 1.29 is 38.9 Å². The second kappa shape index (κ2) is 12.7. The number of carboxylic acids is 1. The van der Waals surface area contributed by atoms with Crippen LogP contribution in [0.5, 0.6) is 11.5 Å². The molecule has 4 aliphatic rings.